The number of nitrogens with two attached hydrogens (primary N) is 1. The van der Waals surface area contributed by atoms with E-state index >= 15 is 0 Å². The quantitative estimate of drug-likeness (QED) is 0.0972. The number of carbonyl (C=O) groups excluding carboxylic acids is 2. The van der Waals surface area contributed by atoms with E-state index in [4.69, 9.17) is 62.0 Å². The largest absolute Gasteiger partial charge is 0.478 e. The molecule has 5 rings (SSSR count). The van der Waals surface area contributed by atoms with Crippen molar-refractivity contribution in [3.05, 3.63) is 89.5 Å². The van der Waals surface area contributed by atoms with Crippen LogP contribution in [0.5, 0.6) is 0 Å². The first kappa shape index (κ1) is 45.5. The molecule has 0 saturated carbocycles. The summed E-state index contributed by atoms with van der Waals surface area (Å²) in [5.74, 6) is -2.05. The van der Waals surface area contributed by atoms with Gasteiger partial charge in [-0.1, -0.05) is 100 Å². The van der Waals surface area contributed by atoms with Crippen LogP contribution in [0.3, 0.4) is 0 Å². The van der Waals surface area contributed by atoms with Crippen molar-refractivity contribution in [2.75, 3.05) is 29.6 Å². The van der Waals surface area contributed by atoms with Crippen molar-refractivity contribution in [1.29, 1.82) is 0 Å². The number of carbonyl (C=O) groups is 3. The lowest BCUT2D eigenvalue weighted by atomic mass is 9.94. The molecule has 1 aliphatic rings. The Morgan fingerprint density at radius 1 is 0.792 bits per heavy atom. The number of carboxylic acids is 2. The van der Waals surface area contributed by atoms with Gasteiger partial charge in [0.1, 0.15) is 10.0 Å². The third-order valence-electron chi connectivity index (χ3n) is 6.78. The molecular weight excluding hydrogens is 806 g/mol. The van der Waals surface area contributed by atoms with E-state index in [1.165, 1.54) is 41.6 Å². The second-order valence-corrected chi connectivity index (χ2v) is 16.8. The zero-order chi connectivity index (χ0) is 40.1. The molecule has 0 aliphatic carbocycles. The summed E-state index contributed by atoms with van der Waals surface area (Å²) in [6.45, 7) is 14.0. The summed E-state index contributed by atoms with van der Waals surface area (Å²) in [5.41, 5.74) is 6.27. The molecule has 1 aliphatic heterocycles. The average Bonchev–Trinajstić information content (AvgIpc) is 3.85. The number of ether oxygens (including phenoxy) is 1. The van der Waals surface area contributed by atoms with Gasteiger partial charge in [-0.15, -0.1) is 22.7 Å². The van der Waals surface area contributed by atoms with Crippen LogP contribution < -0.4 is 16.4 Å². The highest BCUT2D eigenvalue weighted by Gasteiger charge is 2.24. The van der Waals surface area contributed by atoms with Gasteiger partial charge in [-0.2, -0.15) is 4.99 Å². The fourth-order valence-corrected chi connectivity index (χ4v) is 6.71. The molecule has 0 atom stereocenters. The number of amides is 2. The summed E-state index contributed by atoms with van der Waals surface area (Å²) in [6, 6.07) is 12.3. The molecule has 0 radical (unpaired) electrons. The summed E-state index contributed by atoms with van der Waals surface area (Å²) in [5, 5.41) is 25.1. The molecule has 17 heteroatoms. The molecule has 1 fully saturated rings. The van der Waals surface area contributed by atoms with E-state index in [2.05, 4.69) is 15.6 Å². The van der Waals surface area contributed by atoms with Crippen LogP contribution in [-0.2, 0) is 20.4 Å². The second kappa shape index (κ2) is 20.7. The van der Waals surface area contributed by atoms with E-state index in [1.54, 1.807) is 48.5 Å². The molecule has 6 N–H and O–H groups in total. The van der Waals surface area contributed by atoms with E-state index < -0.39 is 18.0 Å². The highest BCUT2D eigenvalue weighted by atomic mass is 35.5. The number of thiophene rings is 2. The minimum Gasteiger partial charge on any atom is -0.478 e. The first-order valence-electron chi connectivity index (χ1n) is 15.8. The number of halogens is 4. The average molecular weight is 847 g/mol. The van der Waals surface area contributed by atoms with Crippen molar-refractivity contribution >= 4 is 115 Å². The van der Waals surface area contributed by atoms with Crippen LogP contribution in [0.4, 0.5) is 26.2 Å². The van der Waals surface area contributed by atoms with E-state index in [0.29, 0.717) is 26.4 Å². The fraction of sp³-hybridized carbons (Fsp3) is 0.333. The van der Waals surface area contributed by atoms with Gasteiger partial charge >= 0.3 is 18.0 Å². The van der Waals surface area contributed by atoms with Crippen molar-refractivity contribution in [3.63, 3.8) is 0 Å². The van der Waals surface area contributed by atoms with E-state index in [1.807, 2.05) is 41.5 Å². The maximum absolute atomic E-state index is 12.2. The van der Waals surface area contributed by atoms with Gasteiger partial charge in [0, 0.05) is 23.0 Å². The van der Waals surface area contributed by atoms with Gasteiger partial charge < -0.3 is 26.0 Å². The molecule has 2 aromatic heterocycles. The number of nitrogens with zero attached hydrogens (tertiary/aromatic N) is 1. The summed E-state index contributed by atoms with van der Waals surface area (Å²) in [7, 11) is 0. The highest BCUT2D eigenvalue weighted by molar-refractivity contribution is 7.17. The number of isocyanates is 1. The van der Waals surface area contributed by atoms with E-state index in [9.17, 15) is 24.3 Å². The summed E-state index contributed by atoms with van der Waals surface area (Å²) in [6.07, 6.45) is 3.94. The Kier molecular flexibility index (Phi) is 17.8. The predicted octanol–water partition coefficient (Wildman–Crippen LogP) is 11.8. The summed E-state index contributed by atoms with van der Waals surface area (Å²) < 4.78 is 4.94. The number of anilines is 3. The number of aromatic carboxylic acids is 2. The highest BCUT2D eigenvalue weighted by Crippen LogP contribution is 2.37. The molecule has 1 saturated heterocycles. The first-order chi connectivity index (χ1) is 24.7. The van der Waals surface area contributed by atoms with Crippen LogP contribution in [0.15, 0.2) is 53.5 Å². The van der Waals surface area contributed by atoms with E-state index in [-0.39, 0.29) is 37.0 Å². The number of hydrogen-bond donors (Lipinski definition) is 5. The van der Waals surface area contributed by atoms with Gasteiger partial charge in [0.05, 0.1) is 42.6 Å². The third-order valence-corrected chi connectivity index (χ3v) is 11.3. The lowest BCUT2D eigenvalue weighted by molar-refractivity contribution is 0.0687. The monoisotopic (exact) mass is 844 g/mol. The molecule has 0 unspecified atom stereocenters. The standard InChI is InChI=1S/C16H16Cl2N2O3S.C9H13NO2S.C7H3Cl2NO.C4H8O/c1-16(2,3)11-7-8(14(21)22)13(24-11)20-15(23)19-10-6-4-5-9(17)12(10)18;1-9(2,3)6-4-5(8(11)12)7(10)13-6;8-5-2-1-3-6(7(5)9)10-4-11;1-2-4-5-3-1/h4-7H,1-3H3,(H,21,22)(H2,19,20,23);4H,10H2,1-3H3,(H,11,12);1-3H;1-4H2. The van der Waals surface area contributed by atoms with Crippen molar-refractivity contribution in [3.8, 4) is 0 Å². The molecule has 286 valence electrons. The van der Waals surface area contributed by atoms with Crippen LogP contribution >= 0.6 is 69.1 Å². The van der Waals surface area contributed by atoms with Crippen molar-refractivity contribution < 1.29 is 34.1 Å². The van der Waals surface area contributed by atoms with Gasteiger partial charge in [-0.3, -0.25) is 5.32 Å². The van der Waals surface area contributed by atoms with Crippen molar-refractivity contribution in [1.82, 2.24) is 0 Å². The SMILES string of the molecule is C1CCOC1.CC(C)(C)c1cc(C(=O)O)c(N)s1.CC(C)(C)c1cc(C(=O)O)c(NC(=O)Nc2cccc(Cl)c2Cl)s1.O=C=Nc1cccc(Cl)c1Cl. The lowest BCUT2D eigenvalue weighted by Gasteiger charge is -2.15. The number of carboxylic acid groups (broad SMARTS) is 2. The molecule has 2 aromatic carbocycles. The van der Waals surface area contributed by atoms with Crippen LogP contribution in [0.1, 0.15) is 84.9 Å². The van der Waals surface area contributed by atoms with Crippen LogP contribution in [0.25, 0.3) is 0 Å². The lowest BCUT2D eigenvalue weighted by Crippen LogP contribution is -2.20. The van der Waals surface area contributed by atoms with Crippen molar-refractivity contribution in [2.24, 2.45) is 4.99 Å². The molecule has 53 heavy (non-hydrogen) atoms. The minimum atomic E-state index is -1.10. The second-order valence-electron chi connectivity index (χ2n) is 13.1. The summed E-state index contributed by atoms with van der Waals surface area (Å²) in [4.78, 5) is 49.3. The van der Waals surface area contributed by atoms with Crippen LogP contribution in [-0.4, -0.2) is 47.5 Å². The fourth-order valence-electron chi connectivity index (χ4n) is 3.95. The third kappa shape index (κ3) is 14.6. The number of nitrogen functional groups attached to an aromatic ring is 1. The molecular formula is C36H40Cl4N4O7S2. The van der Waals surface area contributed by atoms with E-state index in [0.717, 1.165) is 23.0 Å². The first-order valence-corrected chi connectivity index (χ1v) is 18.9. The Morgan fingerprint density at radius 2 is 1.30 bits per heavy atom. The van der Waals surface area contributed by atoms with Gasteiger partial charge in [0.15, 0.2) is 0 Å². The Bertz CT molecular complexity index is 1930. The zero-order valence-electron chi connectivity index (χ0n) is 29.7. The Morgan fingerprint density at radius 3 is 1.75 bits per heavy atom. The topological polar surface area (TPSA) is 180 Å². The number of nitrogens with one attached hydrogen (secondary N) is 2. The number of rotatable bonds is 5. The minimum absolute atomic E-state index is 0.0352. The van der Waals surface area contributed by atoms with Crippen LogP contribution in [0.2, 0.25) is 20.1 Å². The Labute approximate surface area is 336 Å². The summed E-state index contributed by atoms with van der Waals surface area (Å²) >= 11 is 25.8. The molecule has 0 spiro atoms. The number of aliphatic imine (C=N–C) groups is 1. The van der Waals surface area contributed by atoms with Gasteiger partial charge in [-0.05, 0) is 60.1 Å². The predicted molar refractivity (Wildman–Crippen MR) is 218 cm³/mol. The van der Waals surface area contributed by atoms with Gasteiger partial charge in [-0.25, -0.2) is 19.2 Å². The Hall–Kier alpha value is -3.65. The smallest absolute Gasteiger partial charge is 0.338 e. The Balaban J connectivity index is 0.000000280. The maximum atomic E-state index is 12.2. The van der Waals surface area contributed by atoms with Crippen LogP contribution in [0, 0.1) is 0 Å². The molecule has 3 heterocycles. The molecule has 4 aromatic rings. The molecule has 11 nitrogen and oxygen atoms in total. The molecule has 0 bridgehead atoms. The number of urea groups is 1. The normalized spacial score (nSPS) is 12.0. The maximum Gasteiger partial charge on any atom is 0.338 e. The number of benzene rings is 2. The van der Waals surface area contributed by atoms with Gasteiger partial charge in [0.25, 0.3) is 0 Å². The zero-order valence-corrected chi connectivity index (χ0v) is 34.4. The van der Waals surface area contributed by atoms with Crippen molar-refractivity contribution in [2.45, 2.75) is 65.2 Å². The number of hydrogen-bond acceptors (Lipinski definition) is 9. The van der Waals surface area contributed by atoms with Gasteiger partial charge in [0.2, 0.25) is 6.08 Å². The molecule has 2 amide bonds.